The molecule has 2 aromatic heterocycles. The molecule has 0 saturated heterocycles. The van der Waals surface area contributed by atoms with Crippen LogP contribution in [0.4, 0.5) is 11.4 Å². The van der Waals surface area contributed by atoms with Gasteiger partial charge in [0.25, 0.3) is 11.8 Å². The second kappa shape index (κ2) is 12.7. The van der Waals surface area contributed by atoms with Crippen LogP contribution >= 0.6 is 11.6 Å². The van der Waals surface area contributed by atoms with Gasteiger partial charge >= 0.3 is 0 Å². The van der Waals surface area contributed by atoms with Gasteiger partial charge in [0.1, 0.15) is 0 Å². The molecule has 4 aromatic rings. The largest absolute Gasteiger partial charge is 0.327 e. The zero-order valence-corrected chi connectivity index (χ0v) is 29.4. The monoisotopic (exact) mass is 680 g/mol. The third-order valence-corrected chi connectivity index (χ3v) is 12.2. The molecule has 2 bridgehead atoms. The first-order chi connectivity index (χ1) is 23.7. The molecule has 4 aliphatic rings. The molecule has 0 unspecified atom stereocenters. The van der Waals surface area contributed by atoms with E-state index in [0.29, 0.717) is 40.0 Å². The minimum atomic E-state index is -0.282. The maximum absolute atomic E-state index is 13.7. The van der Waals surface area contributed by atoms with Gasteiger partial charge in [-0.05, 0) is 86.6 Å². The van der Waals surface area contributed by atoms with E-state index in [1.165, 1.54) is 38.5 Å². The Kier molecular flexibility index (Phi) is 8.36. The Bertz CT molecular complexity index is 1950. The fourth-order valence-electron chi connectivity index (χ4n) is 8.95. The first-order valence-corrected chi connectivity index (χ1v) is 18.1. The molecule has 2 amide bonds. The molecule has 4 heterocycles. The van der Waals surface area contributed by atoms with Gasteiger partial charge in [-0.2, -0.15) is 0 Å². The van der Waals surface area contributed by atoms with Crippen LogP contribution in [0.15, 0.2) is 36.4 Å². The molecule has 2 aliphatic carbocycles. The highest BCUT2D eigenvalue weighted by atomic mass is 35.5. The van der Waals surface area contributed by atoms with Crippen molar-refractivity contribution in [2.45, 2.75) is 71.4 Å². The van der Waals surface area contributed by atoms with Crippen molar-refractivity contribution in [3.63, 3.8) is 0 Å². The molecule has 2 fully saturated rings. The number of carbonyl (C=O) groups is 2. The van der Waals surface area contributed by atoms with Gasteiger partial charge in [0.15, 0.2) is 11.6 Å². The lowest BCUT2D eigenvalue weighted by atomic mass is 9.81. The van der Waals surface area contributed by atoms with E-state index in [1.807, 2.05) is 66.6 Å². The number of aromatic nitrogens is 4. The van der Waals surface area contributed by atoms with Gasteiger partial charge in [-0.1, -0.05) is 35.9 Å². The van der Waals surface area contributed by atoms with Gasteiger partial charge in [-0.15, -0.1) is 0 Å². The van der Waals surface area contributed by atoms with E-state index in [0.717, 1.165) is 84.4 Å². The summed E-state index contributed by atoms with van der Waals surface area (Å²) in [6, 6.07) is 11.4. The van der Waals surface area contributed by atoms with E-state index >= 15 is 0 Å². The standard InChI is InChI=1S/C38H45ClN8O2/c1-23-25(6-4-8-27(23)43-36(48)34-41-29-21-40-17-12-31(29)45(34)2)26-7-5-9-28(33(26)39)44-37(49)35-42-30-22-47(18-13-32(30)46(35)3)19-16-38-14-10-24(20-38)11-15-38/h4-9,24,40H,10-22H2,1-3H3,(H,43,48)(H,44,49). The number of carbonyl (C=O) groups excluding carboxylic acids is 2. The smallest absolute Gasteiger partial charge is 0.291 e. The zero-order valence-electron chi connectivity index (χ0n) is 28.7. The van der Waals surface area contributed by atoms with E-state index in [9.17, 15) is 9.59 Å². The average Bonchev–Trinajstić information content (AvgIpc) is 3.88. The number of nitrogens with zero attached hydrogens (tertiary/aromatic N) is 5. The normalized spacial score (nSPS) is 21.4. The van der Waals surface area contributed by atoms with E-state index < -0.39 is 0 Å². The Morgan fingerprint density at radius 2 is 1.57 bits per heavy atom. The van der Waals surface area contributed by atoms with E-state index in [4.69, 9.17) is 16.6 Å². The van der Waals surface area contributed by atoms with Crippen LogP contribution in [0, 0.1) is 18.3 Å². The van der Waals surface area contributed by atoms with Crippen molar-refractivity contribution < 1.29 is 9.59 Å². The summed E-state index contributed by atoms with van der Waals surface area (Å²) < 4.78 is 3.84. The second-order valence-electron chi connectivity index (χ2n) is 14.7. The summed E-state index contributed by atoms with van der Waals surface area (Å²) in [5.74, 6) is 1.22. The maximum Gasteiger partial charge on any atom is 0.291 e. The van der Waals surface area contributed by atoms with Crippen LogP contribution in [0.2, 0.25) is 5.02 Å². The minimum absolute atomic E-state index is 0.259. The highest BCUT2D eigenvalue weighted by molar-refractivity contribution is 6.36. The van der Waals surface area contributed by atoms with Crippen LogP contribution in [0.1, 0.15) is 88.1 Å². The van der Waals surface area contributed by atoms with Crippen molar-refractivity contribution in [3.8, 4) is 11.1 Å². The number of imidazole rings is 2. The number of hydrogen-bond donors (Lipinski definition) is 3. The molecule has 2 aromatic carbocycles. The van der Waals surface area contributed by atoms with Crippen LogP contribution < -0.4 is 16.0 Å². The van der Waals surface area contributed by atoms with Crippen LogP contribution in [0.5, 0.6) is 0 Å². The van der Waals surface area contributed by atoms with Gasteiger partial charge in [0.05, 0.1) is 22.1 Å². The predicted molar refractivity (Wildman–Crippen MR) is 192 cm³/mol. The topological polar surface area (TPSA) is 109 Å². The lowest BCUT2D eigenvalue weighted by Crippen LogP contribution is -2.34. The Labute approximate surface area is 292 Å². The highest BCUT2D eigenvalue weighted by Crippen LogP contribution is 2.56. The second-order valence-corrected chi connectivity index (χ2v) is 15.1. The summed E-state index contributed by atoms with van der Waals surface area (Å²) >= 11 is 7.00. The van der Waals surface area contributed by atoms with Gasteiger partial charge in [-0.3, -0.25) is 14.5 Å². The molecule has 0 radical (unpaired) electrons. The molecule has 2 saturated carbocycles. The molecule has 49 heavy (non-hydrogen) atoms. The Morgan fingerprint density at radius 1 is 0.918 bits per heavy atom. The van der Waals surface area contributed by atoms with Crippen LogP contribution in [-0.2, 0) is 40.0 Å². The minimum Gasteiger partial charge on any atom is -0.327 e. The molecule has 11 heteroatoms. The summed E-state index contributed by atoms with van der Waals surface area (Å²) in [7, 11) is 3.83. The molecule has 3 N–H and O–H groups in total. The fourth-order valence-corrected chi connectivity index (χ4v) is 9.22. The number of nitrogens with one attached hydrogen (secondary N) is 3. The lowest BCUT2D eigenvalue weighted by Gasteiger charge is -2.32. The SMILES string of the molecule is Cc1c(NC(=O)c2nc3c(n2C)CCNC3)cccc1-c1cccc(NC(=O)c2nc3c(n2C)CCN(CCC24CCC(CC2)C4)C3)c1Cl. The van der Waals surface area contributed by atoms with Crippen molar-refractivity contribution in [3.05, 3.63) is 81.4 Å². The van der Waals surface area contributed by atoms with E-state index in [1.54, 1.807) is 0 Å². The maximum atomic E-state index is 13.7. The predicted octanol–water partition coefficient (Wildman–Crippen LogP) is 6.26. The molecule has 2 aliphatic heterocycles. The van der Waals surface area contributed by atoms with Crippen LogP contribution in [0.25, 0.3) is 11.1 Å². The lowest BCUT2D eigenvalue weighted by molar-refractivity contribution is 0.100. The van der Waals surface area contributed by atoms with Gasteiger partial charge in [0.2, 0.25) is 0 Å². The quantitative estimate of drug-likeness (QED) is 0.203. The summed E-state index contributed by atoms with van der Waals surface area (Å²) in [6.45, 7) is 6.40. The van der Waals surface area contributed by atoms with Gasteiger partial charge in [0, 0.05) is 75.8 Å². The molecule has 8 rings (SSSR count). The number of fused-ring (bicyclic) bond motifs is 4. The van der Waals surface area contributed by atoms with E-state index in [2.05, 4.69) is 25.8 Å². The van der Waals surface area contributed by atoms with Crippen molar-refractivity contribution in [1.29, 1.82) is 0 Å². The number of benzene rings is 2. The summed E-state index contributed by atoms with van der Waals surface area (Å²) in [5, 5.41) is 9.85. The van der Waals surface area contributed by atoms with E-state index in [-0.39, 0.29) is 11.8 Å². The summed E-state index contributed by atoms with van der Waals surface area (Å²) in [5.41, 5.74) is 8.41. The van der Waals surface area contributed by atoms with Gasteiger partial charge in [-0.25, -0.2) is 9.97 Å². The number of hydrogen-bond acceptors (Lipinski definition) is 6. The summed E-state index contributed by atoms with van der Waals surface area (Å²) in [4.78, 5) is 39.0. The highest BCUT2D eigenvalue weighted by Gasteiger charge is 2.44. The van der Waals surface area contributed by atoms with Crippen LogP contribution in [-0.4, -0.2) is 55.5 Å². The summed E-state index contributed by atoms with van der Waals surface area (Å²) in [6.07, 6.45) is 10.1. The number of halogens is 1. The molecule has 0 atom stereocenters. The number of rotatable bonds is 8. The third-order valence-electron chi connectivity index (χ3n) is 11.8. The first kappa shape index (κ1) is 32.2. The first-order valence-electron chi connectivity index (χ1n) is 17.7. The fraction of sp³-hybridized carbons (Fsp3) is 0.474. The van der Waals surface area contributed by atoms with Gasteiger partial charge < -0.3 is 25.1 Å². The Balaban J connectivity index is 0.969. The van der Waals surface area contributed by atoms with Crippen molar-refractivity contribution in [2.24, 2.45) is 25.4 Å². The molecular formula is C38H45ClN8O2. The molecule has 256 valence electrons. The molecule has 0 spiro atoms. The zero-order chi connectivity index (χ0) is 33.9. The van der Waals surface area contributed by atoms with Crippen molar-refractivity contribution in [1.82, 2.24) is 29.3 Å². The third kappa shape index (κ3) is 5.87. The number of amides is 2. The Hall–Kier alpha value is -3.99. The Morgan fingerprint density at radius 3 is 2.27 bits per heavy atom. The number of anilines is 2. The molecule has 10 nitrogen and oxygen atoms in total. The van der Waals surface area contributed by atoms with Crippen molar-refractivity contribution in [2.75, 3.05) is 30.3 Å². The molecular weight excluding hydrogens is 636 g/mol. The van der Waals surface area contributed by atoms with Crippen molar-refractivity contribution >= 4 is 34.8 Å². The average molecular weight is 681 g/mol. The van der Waals surface area contributed by atoms with Crippen LogP contribution in [0.3, 0.4) is 0 Å².